The summed E-state index contributed by atoms with van der Waals surface area (Å²) in [6.45, 7) is 1.57. The van der Waals surface area contributed by atoms with E-state index in [1.54, 1.807) is 12.4 Å². The number of hydrogen-bond donors (Lipinski definition) is 1. The van der Waals surface area contributed by atoms with Crippen LogP contribution in [0.2, 0.25) is 0 Å². The largest absolute Gasteiger partial charge is 0.368 e. The van der Waals surface area contributed by atoms with E-state index in [2.05, 4.69) is 15.4 Å². The minimum Gasteiger partial charge on any atom is -0.368 e. The molecule has 4 heterocycles. The molecule has 0 aromatic carbocycles. The molecule has 4 aromatic heterocycles. The van der Waals surface area contributed by atoms with Crippen molar-refractivity contribution in [3.8, 4) is 11.4 Å². The van der Waals surface area contributed by atoms with Crippen LogP contribution >= 0.6 is 11.3 Å². The average molecular weight is 362 g/mol. The molecular weight excluding hydrogens is 344 g/mol. The minimum absolute atomic E-state index is 0.729. The molecule has 130 valence electrons. The van der Waals surface area contributed by atoms with Gasteiger partial charge in [0.15, 0.2) is 5.82 Å². The molecule has 5 rings (SSSR count). The molecule has 1 aliphatic rings. The smallest absolute Gasteiger partial charge is 0.164 e. The fourth-order valence-corrected chi connectivity index (χ4v) is 4.73. The van der Waals surface area contributed by atoms with Crippen molar-refractivity contribution in [3.05, 3.63) is 53.4 Å². The van der Waals surface area contributed by atoms with E-state index in [-0.39, 0.29) is 0 Å². The third-order valence-electron chi connectivity index (χ3n) is 4.68. The van der Waals surface area contributed by atoms with Crippen molar-refractivity contribution in [3.63, 3.8) is 0 Å². The molecule has 0 aliphatic heterocycles. The van der Waals surface area contributed by atoms with Gasteiger partial charge < -0.3 is 5.32 Å². The highest BCUT2D eigenvalue weighted by Crippen LogP contribution is 2.40. The van der Waals surface area contributed by atoms with Crippen molar-refractivity contribution >= 4 is 27.4 Å². The second kappa shape index (κ2) is 6.49. The molecule has 0 amide bonds. The zero-order valence-corrected chi connectivity index (χ0v) is 15.0. The van der Waals surface area contributed by atoms with Crippen molar-refractivity contribution in [1.82, 2.24) is 24.7 Å². The Morgan fingerprint density at radius 1 is 1.15 bits per heavy atom. The van der Waals surface area contributed by atoms with Crippen LogP contribution in [0, 0.1) is 0 Å². The van der Waals surface area contributed by atoms with E-state index in [0.29, 0.717) is 0 Å². The van der Waals surface area contributed by atoms with Crippen LogP contribution in [-0.2, 0) is 19.4 Å². The molecule has 0 atom stereocenters. The van der Waals surface area contributed by atoms with Gasteiger partial charge in [-0.15, -0.1) is 11.3 Å². The summed E-state index contributed by atoms with van der Waals surface area (Å²) in [4.78, 5) is 16.4. The molecule has 0 radical (unpaired) electrons. The number of rotatable bonds is 5. The van der Waals surface area contributed by atoms with Crippen LogP contribution in [0.15, 0.2) is 43.0 Å². The van der Waals surface area contributed by atoms with E-state index in [4.69, 9.17) is 9.97 Å². The van der Waals surface area contributed by atoms with E-state index in [0.717, 1.165) is 48.0 Å². The number of hydrogen-bond acceptors (Lipinski definition) is 6. The number of aromatic nitrogens is 5. The lowest BCUT2D eigenvalue weighted by Crippen LogP contribution is -2.12. The second-order valence-corrected chi connectivity index (χ2v) is 7.45. The Labute approximate surface area is 155 Å². The van der Waals surface area contributed by atoms with Crippen LogP contribution in [0.4, 0.5) is 5.82 Å². The van der Waals surface area contributed by atoms with E-state index in [9.17, 15) is 0 Å². The lowest BCUT2D eigenvalue weighted by Gasteiger charge is -2.10. The van der Waals surface area contributed by atoms with Gasteiger partial charge >= 0.3 is 0 Å². The number of nitrogens with zero attached hydrogens (tertiary/aromatic N) is 5. The van der Waals surface area contributed by atoms with Gasteiger partial charge in [-0.3, -0.25) is 9.67 Å². The molecule has 1 aliphatic carbocycles. The summed E-state index contributed by atoms with van der Waals surface area (Å²) >= 11 is 1.81. The highest BCUT2D eigenvalue weighted by molar-refractivity contribution is 7.19. The van der Waals surface area contributed by atoms with Gasteiger partial charge in [0, 0.05) is 41.8 Å². The number of thiophene rings is 1. The Balaban J connectivity index is 1.54. The van der Waals surface area contributed by atoms with Crippen LogP contribution in [-0.4, -0.2) is 31.3 Å². The normalized spacial score (nSPS) is 13.2. The number of pyridine rings is 1. The zero-order valence-electron chi connectivity index (χ0n) is 14.2. The third-order valence-corrected chi connectivity index (χ3v) is 5.86. The van der Waals surface area contributed by atoms with Crippen LogP contribution in [0.1, 0.15) is 16.9 Å². The summed E-state index contributed by atoms with van der Waals surface area (Å²) in [5.74, 6) is 1.66. The summed E-state index contributed by atoms with van der Waals surface area (Å²) in [6, 6.07) is 5.86. The number of aryl methyl sites for hydroxylation is 2. The fraction of sp³-hybridized carbons (Fsp3) is 0.263. The third kappa shape index (κ3) is 2.74. The van der Waals surface area contributed by atoms with Crippen molar-refractivity contribution in [1.29, 1.82) is 0 Å². The number of fused-ring (bicyclic) bond motifs is 3. The van der Waals surface area contributed by atoms with Gasteiger partial charge in [-0.2, -0.15) is 5.10 Å². The van der Waals surface area contributed by atoms with E-state index in [1.807, 2.05) is 46.6 Å². The van der Waals surface area contributed by atoms with Gasteiger partial charge in [0.25, 0.3) is 0 Å². The molecular formula is C19H18N6S. The van der Waals surface area contributed by atoms with Gasteiger partial charge in [-0.05, 0) is 43.0 Å². The fourth-order valence-electron chi connectivity index (χ4n) is 3.47. The average Bonchev–Trinajstić information content (AvgIpc) is 3.39. The molecule has 4 aromatic rings. The van der Waals surface area contributed by atoms with Gasteiger partial charge in [-0.25, -0.2) is 9.97 Å². The number of nitrogens with one attached hydrogen (secondary N) is 1. The molecule has 0 saturated heterocycles. The molecule has 26 heavy (non-hydrogen) atoms. The predicted octanol–water partition coefficient (Wildman–Crippen LogP) is 3.55. The minimum atomic E-state index is 0.729. The molecule has 1 N–H and O–H groups in total. The van der Waals surface area contributed by atoms with Crippen molar-refractivity contribution in [2.75, 3.05) is 11.9 Å². The first-order valence-corrected chi connectivity index (χ1v) is 9.64. The number of anilines is 1. The lowest BCUT2D eigenvalue weighted by molar-refractivity contribution is 0.637. The summed E-state index contributed by atoms with van der Waals surface area (Å²) in [6.07, 6.45) is 10.9. The predicted molar refractivity (Wildman–Crippen MR) is 103 cm³/mol. The SMILES string of the molecule is c1cncc(-c2nc(NCCn3cccn3)c3c4c(sc3n2)CCC4)c1. The molecule has 6 nitrogen and oxygen atoms in total. The quantitative estimate of drug-likeness (QED) is 0.588. The Kier molecular flexibility index (Phi) is 3.86. The van der Waals surface area contributed by atoms with Crippen LogP contribution in [0.25, 0.3) is 21.6 Å². The topological polar surface area (TPSA) is 68.5 Å². The van der Waals surface area contributed by atoms with Gasteiger partial charge in [0.2, 0.25) is 0 Å². The highest BCUT2D eigenvalue weighted by atomic mass is 32.1. The zero-order chi connectivity index (χ0) is 17.3. The van der Waals surface area contributed by atoms with Gasteiger partial charge in [-0.1, -0.05) is 0 Å². The Morgan fingerprint density at radius 3 is 3.00 bits per heavy atom. The Hall–Kier alpha value is -2.80. The van der Waals surface area contributed by atoms with E-state index < -0.39 is 0 Å². The maximum Gasteiger partial charge on any atom is 0.164 e. The molecule has 0 saturated carbocycles. The maximum atomic E-state index is 4.85. The summed E-state index contributed by atoms with van der Waals surface area (Å²) in [5, 5.41) is 8.99. The maximum absolute atomic E-state index is 4.85. The van der Waals surface area contributed by atoms with Crippen LogP contribution in [0.3, 0.4) is 0 Å². The van der Waals surface area contributed by atoms with Crippen molar-refractivity contribution < 1.29 is 0 Å². The summed E-state index contributed by atoms with van der Waals surface area (Å²) in [7, 11) is 0. The Bertz CT molecular complexity index is 1040. The first-order valence-electron chi connectivity index (χ1n) is 8.82. The van der Waals surface area contributed by atoms with E-state index in [1.165, 1.54) is 22.2 Å². The lowest BCUT2D eigenvalue weighted by atomic mass is 10.2. The first kappa shape index (κ1) is 15.5. The van der Waals surface area contributed by atoms with Gasteiger partial charge in [0.05, 0.1) is 11.9 Å². The molecule has 0 bridgehead atoms. The molecule has 0 unspecified atom stereocenters. The van der Waals surface area contributed by atoms with Gasteiger partial charge in [0.1, 0.15) is 10.6 Å². The Morgan fingerprint density at radius 2 is 2.15 bits per heavy atom. The first-order chi connectivity index (χ1) is 12.9. The second-order valence-electron chi connectivity index (χ2n) is 6.37. The van der Waals surface area contributed by atoms with Crippen molar-refractivity contribution in [2.24, 2.45) is 0 Å². The van der Waals surface area contributed by atoms with Crippen molar-refractivity contribution in [2.45, 2.75) is 25.8 Å². The molecule has 7 heteroatoms. The standard InChI is InChI=1S/C19H18N6S/c1-5-14-15(6-1)26-19-16(14)18(21-9-11-25-10-3-8-22-25)23-17(24-19)13-4-2-7-20-12-13/h2-4,7-8,10,12H,1,5-6,9,11H2,(H,21,23,24). The highest BCUT2D eigenvalue weighted by Gasteiger charge is 2.22. The van der Waals surface area contributed by atoms with E-state index >= 15 is 0 Å². The summed E-state index contributed by atoms with van der Waals surface area (Å²) in [5.41, 5.74) is 2.38. The monoisotopic (exact) mass is 362 g/mol. The van der Waals surface area contributed by atoms with Crippen LogP contribution in [0.5, 0.6) is 0 Å². The van der Waals surface area contributed by atoms with Crippen LogP contribution < -0.4 is 5.32 Å². The summed E-state index contributed by atoms with van der Waals surface area (Å²) < 4.78 is 1.92. The molecule has 0 spiro atoms. The molecule has 0 fully saturated rings.